The van der Waals surface area contributed by atoms with Gasteiger partial charge in [0.15, 0.2) is 11.0 Å². The Morgan fingerprint density at radius 1 is 0.967 bits per heavy atom. The number of nitrogens with one attached hydrogen (secondary N) is 1. The fourth-order valence-corrected chi connectivity index (χ4v) is 3.72. The van der Waals surface area contributed by atoms with Crippen molar-refractivity contribution in [2.24, 2.45) is 0 Å². The lowest BCUT2D eigenvalue weighted by molar-refractivity contribution is -0.113. The molecule has 0 saturated heterocycles. The Balaban J connectivity index is 1.61. The van der Waals surface area contributed by atoms with E-state index in [1.54, 1.807) is 7.11 Å². The molecule has 4 rings (SSSR count). The van der Waals surface area contributed by atoms with E-state index in [0.29, 0.717) is 11.0 Å². The highest BCUT2D eigenvalue weighted by molar-refractivity contribution is 7.99. The lowest BCUT2D eigenvalue weighted by atomic mass is 10.2. The molecular formula is C23H20N4O2S. The number of amides is 1. The molecule has 150 valence electrons. The second kappa shape index (κ2) is 9.28. The van der Waals surface area contributed by atoms with Crippen molar-refractivity contribution in [2.75, 3.05) is 18.2 Å². The maximum Gasteiger partial charge on any atom is 0.234 e. The van der Waals surface area contributed by atoms with E-state index < -0.39 is 0 Å². The summed E-state index contributed by atoms with van der Waals surface area (Å²) in [6, 6.07) is 26.9. The number of para-hydroxylation sites is 2. The molecule has 0 atom stereocenters. The molecule has 0 bridgehead atoms. The van der Waals surface area contributed by atoms with E-state index in [1.807, 2.05) is 89.5 Å². The number of methoxy groups -OCH3 is 1. The predicted molar refractivity (Wildman–Crippen MR) is 119 cm³/mol. The van der Waals surface area contributed by atoms with E-state index in [9.17, 15) is 4.79 Å². The highest BCUT2D eigenvalue weighted by Crippen LogP contribution is 2.29. The molecule has 1 amide bonds. The van der Waals surface area contributed by atoms with Crippen molar-refractivity contribution in [3.05, 3.63) is 84.9 Å². The third-order valence-corrected chi connectivity index (χ3v) is 5.29. The minimum atomic E-state index is -0.100. The molecule has 6 nitrogen and oxygen atoms in total. The van der Waals surface area contributed by atoms with Gasteiger partial charge in [-0.1, -0.05) is 60.3 Å². The summed E-state index contributed by atoms with van der Waals surface area (Å²) >= 11 is 1.34. The topological polar surface area (TPSA) is 69.0 Å². The molecule has 0 aliphatic carbocycles. The quantitative estimate of drug-likeness (QED) is 0.443. The summed E-state index contributed by atoms with van der Waals surface area (Å²) in [5.74, 6) is 1.55. The van der Waals surface area contributed by atoms with Gasteiger partial charge in [-0.25, -0.2) is 0 Å². The van der Waals surface area contributed by atoms with Crippen LogP contribution in [0.1, 0.15) is 0 Å². The molecule has 0 saturated carbocycles. The van der Waals surface area contributed by atoms with Crippen LogP contribution in [0.4, 0.5) is 5.69 Å². The Morgan fingerprint density at radius 2 is 1.70 bits per heavy atom. The predicted octanol–water partition coefficient (Wildman–Crippen LogP) is 4.67. The number of thioether (sulfide) groups is 1. The maximum atomic E-state index is 12.4. The van der Waals surface area contributed by atoms with Crippen LogP contribution in [0, 0.1) is 0 Å². The number of rotatable bonds is 7. The SMILES string of the molecule is COc1cccc(-c2nnc(SCC(=O)Nc3ccccc3)n2-c2ccccc2)c1. The Morgan fingerprint density at radius 3 is 2.43 bits per heavy atom. The number of nitrogens with zero attached hydrogens (tertiary/aromatic N) is 3. The summed E-state index contributed by atoms with van der Waals surface area (Å²) in [7, 11) is 1.63. The highest BCUT2D eigenvalue weighted by Gasteiger charge is 2.17. The van der Waals surface area contributed by atoms with Crippen LogP contribution in [0.15, 0.2) is 90.1 Å². The average molecular weight is 417 g/mol. The number of anilines is 1. The van der Waals surface area contributed by atoms with Gasteiger partial charge in [0.25, 0.3) is 0 Å². The van der Waals surface area contributed by atoms with Crippen LogP contribution in [0.3, 0.4) is 0 Å². The number of aromatic nitrogens is 3. The third-order valence-electron chi connectivity index (χ3n) is 4.37. The van der Waals surface area contributed by atoms with Crippen molar-refractivity contribution in [3.8, 4) is 22.8 Å². The molecule has 1 aromatic heterocycles. The zero-order chi connectivity index (χ0) is 20.8. The summed E-state index contributed by atoms with van der Waals surface area (Å²) in [4.78, 5) is 12.4. The van der Waals surface area contributed by atoms with Crippen LogP contribution >= 0.6 is 11.8 Å². The number of hydrogen-bond acceptors (Lipinski definition) is 5. The largest absolute Gasteiger partial charge is 0.497 e. The zero-order valence-electron chi connectivity index (χ0n) is 16.4. The molecule has 0 spiro atoms. The first-order valence-electron chi connectivity index (χ1n) is 9.37. The smallest absolute Gasteiger partial charge is 0.234 e. The van der Waals surface area contributed by atoms with Gasteiger partial charge in [0.1, 0.15) is 5.75 Å². The summed E-state index contributed by atoms with van der Waals surface area (Å²) in [6.07, 6.45) is 0. The van der Waals surface area contributed by atoms with Gasteiger partial charge in [-0.15, -0.1) is 10.2 Å². The Hall–Kier alpha value is -3.58. The normalized spacial score (nSPS) is 10.6. The van der Waals surface area contributed by atoms with Crippen LogP contribution < -0.4 is 10.1 Å². The van der Waals surface area contributed by atoms with Gasteiger partial charge < -0.3 is 10.1 Å². The number of carbonyl (C=O) groups is 1. The molecule has 1 N–H and O–H groups in total. The van der Waals surface area contributed by atoms with Gasteiger partial charge in [0.05, 0.1) is 12.9 Å². The molecule has 0 fully saturated rings. The van der Waals surface area contributed by atoms with Gasteiger partial charge in [-0.3, -0.25) is 9.36 Å². The van der Waals surface area contributed by atoms with Gasteiger partial charge in [0.2, 0.25) is 5.91 Å². The third kappa shape index (κ3) is 4.52. The van der Waals surface area contributed by atoms with Crippen molar-refractivity contribution in [2.45, 2.75) is 5.16 Å². The number of hydrogen-bond donors (Lipinski definition) is 1. The van der Waals surface area contributed by atoms with E-state index in [-0.39, 0.29) is 11.7 Å². The van der Waals surface area contributed by atoms with Crippen molar-refractivity contribution in [3.63, 3.8) is 0 Å². The van der Waals surface area contributed by atoms with Gasteiger partial charge in [-0.05, 0) is 36.4 Å². The summed E-state index contributed by atoms with van der Waals surface area (Å²) in [6.45, 7) is 0. The van der Waals surface area contributed by atoms with E-state index in [0.717, 1.165) is 22.7 Å². The lowest BCUT2D eigenvalue weighted by Crippen LogP contribution is -2.14. The number of benzene rings is 3. The van der Waals surface area contributed by atoms with Crippen molar-refractivity contribution >= 4 is 23.4 Å². The first-order chi connectivity index (χ1) is 14.7. The number of ether oxygens (including phenoxy) is 1. The van der Waals surface area contributed by atoms with Crippen LogP contribution in [0.25, 0.3) is 17.1 Å². The second-order valence-corrected chi connectivity index (χ2v) is 7.35. The van der Waals surface area contributed by atoms with Crippen molar-refractivity contribution in [1.82, 2.24) is 14.8 Å². The molecule has 30 heavy (non-hydrogen) atoms. The fourth-order valence-electron chi connectivity index (χ4n) is 2.97. The number of carbonyl (C=O) groups excluding carboxylic acids is 1. The molecule has 0 radical (unpaired) electrons. The van der Waals surface area contributed by atoms with Gasteiger partial charge in [0, 0.05) is 16.9 Å². The van der Waals surface area contributed by atoms with Crippen molar-refractivity contribution < 1.29 is 9.53 Å². The maximum absolute atomic E-state index is 12.4. The molecule has 1 heterocycles. The molecule has 0 unspecified atom stereocenters. The Kier molecular flexibility index (Phi) is 6.10. The Bertz CT molecular complexity index is 1130. The van der Waals surface area contributed by atoms with Crippen LogP contribution in [0.2, 0.25) is 0 Å². The second-order valence-electron chi connectivity index (χ2n) is 6.41. The summed E-state index contributed by atoms with van der Waals surface area (Å²) in [5, 5.41) is 12.3. The monoisotopic (exact) mass is 416 g/mol. The first-order valence-corrected chi connectivity index (χ1v) is 10.4. The minimum Gasteiger partial charge on any atom is -0.497 e. The average Bonchev–Trinajstić information content (AvgIpc) is 3.23. The highest BCUT2D eigenvalue weighted by atomic mass is 32.2. The zero-order valence-corrected chi connectivity index (χ0v) is 17.2. The molecule has 0 aliphatic heterocycles. The molecule has 3 aromatic carbocycles. The molecule has 0 aliphatic rings. The standard InChI is InChI=1S/C23H20N4O2S/c1-29-20-14-8-9-17(15-20)22-25-26-23(27(22)19-12-6-3-7-13-19)30-16-21(28)24-18-10-4-2-5-11-18/h2-15H,16H2,1H3,(H,24,28). The molecule has 7 heteroatoms. The minimum absolute atomic E-state index is 0.100. The summed E-state index contributed by atoms with van der Waals surface area (Å²) in [5.41, 5.74) is 2.57. The van der Waals surface area contributed by atoms with Gasteiger partial charge in [-0.2, -0.15) is 0 Å². The van der Waals surface area contributed by atoms with Gasteiger partial charge >= 0.3 is 0 Å². The van der Waals surface area contributed by atoms with Crippen LogP contribution in [0.5, 0.6) is 5.75 Å². The first kappa shape index (κ1) is 19.7. The Labute approximate surface area is 178 Å². The lowest BCUT2D eigenvalue weighted by Gasteiger charge is -2.11. The molecular weight excluding hydrogens is 396 g/mol. The fraction of sp³-hybridized carbons (Fsp3) is 0.0870. The van der Waals surface area contributed by atoms with E-state index in [4.69, 9.17) is 4.74 Å². The molecule has 4 aromatic rings. The van der Waals surface area contributed by atoms with Crippen LogP contribution in [-0.4, -0.2) is 33.5 Å². The van der Waals surface area contributed by atoms with Crippen LogP contribution in [-0.2, 0) is 4.79 Å². The van der Waals surface area contributed by atoms with Crippen molar-refractivity contribution in [1.29, 1.82) is 0 Å². The van der Waals surface area contributed by atoms with E-state index in [2.05, 4.69) is 15.5 Å². The van der Waals surface area contributed by atoms with E-state index >= 15 is 0 Å². The summed E-state index contributed by atoms with van der Waals surface area (Å²) < 4.78 is 7.30. The van der Waals surface area contributed by atoms with E-state index in [1.165, 1.54) is 11.8 Å².